The van der Waals surface area contributed by atoms with Crippen LogP contribution in [0, 0.1) is 12.8 Å². The summed E-state index contributed by atoms with van der Waals surface area (Å²) in [7, 11) is 0. The number of hydrogen-bond acceptors (Lipinski definition) is 9. The summed E-state index contributed by atoms with van der Waals surface area (Å²) in [6, 6.07) is 12.8. The Morgan fingerprint density at radius 3 is 2.43 bits per heavy atom. The molecule has 1 amide bonds. The third-order valence-corrected chi connectivity index (χ3v) is 7.77. The van der Waals surface area contributed by atoms with Crippen LogP contribution in [0.2, 0.25) is 0 Å². The predicted octanol–water partition coefficient (Wildman–Crippen LogP) is 6.47. The van der Waals surface area contributed by atoms with Crippen molar-refractivity contribution in [2.24, 2.45) is 5.92 Å². The van der Waals surface area contributed by atoms with Gasteiger partial charge in [0.2, 0.25) is 0 Å². The number of aryl methyl sites for hydroxylation is 1. The maximum Gasteiger partial charge on any atom is 0.350 e. The Morgan fingerprint density at radius 2 is 1.76 bits per heavy atom. The van der Waals surface area contributed by atoms with Crippen LogP contribution in [-0.4, -0.2) is 47.6 Å². The Balaban J connectivity index is 1.82. The molecule has 1 atom stereocenters. The van der Waals surface area contributed by atoms with E-state index in [2.05, 4.69) is 18.8 Å². The Bertz CT molecular complexity index is 1480. The number of anilines is 1. The minimum atomic E-state index is -1.02. The number of aromatic nitrogens is 1. The van der Waals surface area contributed by atoms with Gasteiger partial charge in [-0.1, -0.05) is 44.2 Å². The van der Waals surface area contributed by atoms with Crippen LogP contribution in [0.5, 0.6) is 11.5 Å². The second kappa shape index (κ2) is 13.7. The molecule has 3 aromatic rings. The molecule has 1 saturated heterocycles. The molecule has 1 aliphatic rings. The van der Waals surface area contributed by atoms with Gasteiger partial charge in [0, 0.05) is 5.56 Å². The molecule has 1 aromatic heterocycles. The minimum absolute atomic E-state index is 0.0907. The van der Waals surface area contributed by atoms with Crippen molar-refractivity contribution < 1.29 is 33.7 Å². The van der Waals surface area contributed by atoms with E-state index >= 15 is 0 Å². The quantitative estimate of drug-likeness (QED) is 0.110. The van der Waals surface area contributed by atoms with Gasteiger partial charge >= 0.3 is 11.9 Å². The fraction of sp³-hybridized carbons (Fsp3) is 0.375. The highest BCUT2D eigenvalue weighted by molar-refractivity contribution is 7.17. The molecule has 0 spiro atoms. The van der Waals surface area contributed by atoms with Gasteiger partial charge < -0.3 is 19.3 Å². The molecule has 2 heterocycles. The maximum atomic E-state index is 13.6. The van der Waals surface area contributed by atoms with Gasteiger partial charge in [0.05, 0.1) is 37.1 Å². The number of thiazole rings is 1. The van der Waals surface area contributed by atoms with E-state index in [4.69, 9.17) is 14.2 Å². The van der Waals surface area contributed by atoms with E-state index in [1.807, 2.05) is 6.92 Å². The first-order chi connectivity index (χ1) is 20.2. The van der Waals surface area contributed by atoms with Crippen LogP contribution >= 0.6 is 11.3 Å². The topological polar surface area (TPSA) is 115 Å². The standard InChI is InChI=1S/C32H36N2O7S/c1-6-16-40-23-13-11-21(12-14-23)27(35)25-26(22-9-8-10-24(18-22)41-17-15-19(3)4)34(30(37)28(25)36)32-33-20(5)29(42-32)31(38)39-7-2/h8-14,18-19,26,35H,6-7,15-17H2,1-5H3. The number of ketones is 1. The van der Waals surface area contributed by atoms with Crippen LogP contribution in [0.15, 0.2) is 54.1 Å². The van der Waals surface area contributed by atoms with Gasteiger partial charge in [0.1, 0.15) is 22.1 Å². The molecule has 42 heavy (non-hydrogen) atoms. The molecule has 9 nitrogen and oxygen atoms in total. The Labute approximate surface area is 249 Å². The van der Waals surface area contributed by atoms with Crippen molar-refractivity contribution in [2.75, 3.05) is 24.7 Å². The van der Waals surface area contributed by atoms with Crippen molar-refractivity contribution in [3.05, 3.63) is 75.8 Å². The molecular weight excluding hydrogens is 556 g/mol. The monoisotopic (exact) mass is 592 g/mol. The second-order valence-corrected chi connectivity index (χ2v) is 11.3. The van der Waals surface area contributed by atoms with Crippen molar-refractivity contribution in [3.8, 4) is 11.5 Å². The van der Waals surface area contributed by atoms with E-state index in [0.29, 0.717) is 47.5 Å². The molecule has 1 N–H and O–H groups in total. The van der Waals surface area contributed by atoms with E-state index in [0.717, 1.165) is 24.2 Å². The molecule has 2 aromatic carbocycles. The fourth-order valence-electron chi connectivity index (χ4n) is 4.49. The molecule has 0 saturated carbocycles. The lowest BCUT2D eigenvalue weighted by atomic mass is 9.95. The molecule has 0 aliphatic carbocycles. The number of benzene rings is 2. The highest BCUT2D eigenvalue weighted by Gasteiger charge is 2.48. The van der Waals surface area contributed by atoms with Gasteiger partial charge in [0.15, 0.2) is 5.13 Å². The normalized spacial score (nSPS) is 16.2. The van der Waals surface area contributed by atoms with E-state index in [9.17, 15) is 19.5 Å². The zero-order chi connectivity index (χ0) is 30.4. The zero-order valence-electron chi connectivity index (χ0n) is 24.5. The van der Waals surface area contributed by atoms with Gasteiger partial charge in [-0.05, 0) is 74.6 Å². The summed E-state index contributed by atoms with van der Waals surface area (Å²) >= 11 is 0.965. The molecular formula is C32H36N2O7S. The average Bonchev–Trinajstić information content (AvgIpc) is 3.48. The summed E-state index contributed by atoms with van der Waals surface area (Å²) in [5, 5.41) is 11.6. The van der Waals surface area contributed by atoms with Gasteiger partial charge in [-0.2, -0.15) is 0 Å². The summed E-state index contributed by atoms with van der Waals surface area (Å²) in [6.45, 7) is 10.8. The SMILES string of the molecule is CCCOc1ccc(C(O)=C2C(=O)C(=O)N(c3nc(C)c(C(=O)OCC)s3)C2c2cccc(OCCC(C)C)c2)cc1. The first-order valence-corrected chi connectivity index (χ1v) is 14.9. The smallest absolute Gasteiger partial charge is 0.350 e. The molecule has 10 heteroatoms. The summed E-state index contributed by atoms with van der Waals surface area (Å²) in [5.41, 5.74) is 1.19. The Hall–Kier alpha value is -4.18. The number of aliphatic hydroxyl groups excluding tert-OH is 1. The first kappa shape index (κ1) is 30.8. The number of ether oxygens (including phenoxy) is 3. The number of aliphatic hydroxyl groups is 1. The Kier molecular flexibility index (Phi) is 10.0. The predicted molar refractivity (Wildman–Crippen MR) is 161 cm³/mol. The number of hydrogen-bond donors (Lipinski definition) is 1. The van der Waals surface area contributed by atoms with Crippen LogP contribution in [0.3, 0.4) is 0 Å². The number of amides is 1. The molecule has 1 fully saturated rings. The van der Waals surface area contributed by atoms with Crippen molar-refractivity contribution >= 4 is 39.9 Å². The molecule has 0 radical (unpaired) electrons. The van der Waals surface area contributed by atoms with Crippen molar-refractivity contribution in [2.45, 2.75) is 53.5 Å². The highest BCUT2D eigenvalue weighted by atomic mass is 32.1. The van der Waals surface area contributed by atoms with E-state index in [1.54, 1.807) is 62.4 Å². The van der Waals surface area contributed by atoms with Crippen molar-refractivity contribution in [3.63, 3.8) is 0 Å². The van der Waals surface area contributed by atoms with Crippen LogP contribution in [0.1, 0.15) is 73.1 Å². The van der Waals surface area contributed by atoms with Gasteiger partial charge in [-0.3, -0.25) is 14.5 Å². The lowest BCUT2D eigenvalue weighted by Gasteiger charge is -2.23. The first-order valence-electron chi connectivity index (χ1n) is 14.1. The third-order valence-electron chi connectivity index (χ3n) is 6.64. The Morgan fingerprint density at radius 1 is 1.05 bits per heavy atom. The summed E-state index contributed by atoms with van der Waals surface area (Å²) in [5.74, 6) is -0.952. The van der Waals surface area contributed by atoms with E-state index in [1.165, 1.54) is 4.90 Å². The third kappa shape index (κ3) is 6.65. The molecule has 1 aliphatic heterocycles. The van der Waals surface area contributed by atoms with Crippen LogP contribution in [0.25, 0.3) is 5.76 Å². The molecule has 4 rings (SSSR count). The lowest BCUT2D eigenvalue weighted by molar-refractivity contribution is -0.132. The van der Waals surface area contributed by atoms with Crippen molar-refractivity contribution in [1.82, 2.24) is 4.98 Å². The number of nitrogens with zero attached hydrogens (tertiary/aromatic N) is 2. The molecule has 0 bridgehead atoms. The zero-order valence-corrected chi connectivity index (χ0v) is 25.3. The summed E-state index contributed by atoms with van der Waals surface area (Å²) < 4.78 is 16.8. The number of esters is 1. The molecule has 222 valence electrons. The van der Waals surface area contributed by atoms with Gasteiger partial charge in [0.25, 0.3) is 5.78 Å². The molecule has 1 unspecified atom stereocenters. The van der Waals surface area contributed by atoms with Gasteiger partial charge in [-0.15, -0.1) is 0 Å². The van der Waals surface area contributed by atoms with E-state index < -0.39 is 23.7 Å². The number of rotatable bonds is 12. The number of Topliss-reactive ketones (excluding diaryl/α,β-unsaturated/α-hetero) is 1. The van der Waals surface area contributed by atoms with Crippen LogP contribution in [-0.2, 0) is 14.3 Å². The fourth-order valence-corrected chi connectivity index (χ4v) is 5.48. The maximum absolute atomic E-state index is 13.6. The number of carbonyl (C=O) groups is 3. The van der Waals surface area contributed by atoms with Gasteiger partial charge in [-0.25, -0.2) is 9.78 Å². The lowest BCUT2D eigenvalue weighted by Crippen LogP contribution is -2.29. The second-order valence-electron chi connectivity index (χ2n) is 10.3. The van der Waals surface area contributed by atoms with Crippen LogP contribution in [0.4, 0.5) is 5.13 Å². The highest BCUT2D eigenvalue weighted by Crippen LogP contribution is 2.44. The van der Waals surface area contributed by atoms with Crippen molar-refractivity contribution in [1.29, 1.82) is 0 Å². The van der Waals surface area contributed by atoms with E-state index in [-0.39, 0.29) is 27.9 Å². The summed E-state index contributed by atoms with van der Waals surface area (Å²) in [6.07, 6.45) is 1.70. The summed E-state index contributed by atoms with van der Waals surface area (Å²) in [4.78, 5) is 45.6. The minimum Gasteiger partial charge on any atom is -0.507 e. The largest absolute Gasteiger partial charge is 0.507 e. The number of carbonyl (C=O) groups excluding carboxylic acids is 3. The average molecular weight is 593 g/mol. The van der Waals surface area contributed by atoms with Crippen LogP contribution < -0.4 is 14.4 Å².